The summed E-state index contributed by atoms with van der Waals surface area (Å²) in [5, 5.41) is 6.60. The molecule has 0 saturated carbocycles. The molecule has 0 bridgehead atoms. The van der Waals surface area contributed by atoms with E-state index in [0.29, 0.717) is 23.0 Å². The van der Waals surface area contributed by atoms with E-state index in [1.54, 1.807) is 12.3 Å². The molecule has 0 spiro atoms. The number of rotatable bonds is 5. The number of aromatic nitrogens is 1. The second-order valence-corrected chi connectivity index (χ2v) is 6.06. The van der Waals surface area contributed by atoms with Crippen molar-refractivity contribution < 1.29 is 9.53 Å². The van der Waals surface area contributed by atoms with Crippen LogP contribution in [-0.4, -0.2) is 36.2 Å². The van der Waals surface area contributed by atoms with E-state index in [4.69, 9.17) is 16.3 Å². The Bertz CT molecular complexity index is 502. The van der Waals surface area contributed by atoms with E-state index >= 15 is 0 Å². The molecule has 1 fully saturated rings. The maximum Gasteiger partial charge on any atom is 0.253 e. The second kappa shape index (κ2) is 7.09. The highest BCUT2D eigenvalue weighted by Crippen LogP contribution is 2.22. The number of nitrogens with one attached hydrogen (secondary N) is 2. The van der Waals surface area contributed by atoms with Crippen LogP contribution in [0, 0.1) is 0 Å². The summed E-state index contributed by atoms with van der Waals surface area (Å²) in [6, 6.07) is 1.65. The molecule has 0 aliphatic carbocycles. The third kappa shape index (κ3) is 4.32. The Morgan fingerprint density at radius 3 is 3.00 bits per heavy atom. The summed E-state index contributed by atoms with van der Waals surface area (Å²) < 4.78 is 5.44. The van der Waals surface area contributed by atoms with Crippen LogP contribution in [-0.2, 0) is 4.74 Å². The number of pyridine rings is 1. The number of hydrogen-bond acceptors (Lipinski definition) is 4. The van der Waals surface area contributed by atoms with Crippen LogP contribution in [0.4, 0.5) is 5.82 Å². The van der Waals surface area contributed by atoms with E-state index in [1.807, 2.05) is 6.92 Å². The maximum absolute atomic E-state index is 12.3. The summed E-state index contributed by atoms with van der Waals surface area (Å²) in [5.74, 6) is 0.446. The highest BCUT2D eigenvalue weighted by atomic mass is 35.5. The summed E-state index contributed by atoms with van der Waals surface area (Å²) in [6.45, 7) is 6.16. The molecule has 21 heavy (non-hydrogen) atoms. The van der Waals surface area contributed by atoms with Gasteiger partial charge >= 0.3 is 0 Å². The first-order valence-corrected chi connectivity index (χ1v) is 7.71. The van der Waals surface area contributed by atoms with Crippen molar-refractivity contribution in [1.29, 1.82) is 0 Å². The van der Waals surface area contributed by atoms with Gasteiger partial charge in [0.2, 0.25) is 0 Å². The van der Waals surface area contributed by atoms with Gasteiger partial charge < -0.3 is 15.4 Å². The van der Waals surface area contributed by atoms with Gasteiger partial charge in [0.15, 0.2) is 0 Å². The van der Waals surface area contributed by atoms with Crippen LogP contribution in [0.3, 0.4) is 0 Å². The fourth-order valence-electron chi connectivity index (χ4n) is 2.31. The number of ether oxygens (including phenoxy) is 1. The summed E-state index contributed by atoms with van der Waals surface area (Å²) in [6.07, 6.45) is 4.40. The Morgan fingerprint density at radius 1 is 1.57 bits per heavy atom. The SMILES string of the molecule is CCCNc1ncc(C(=O)NC2(C)CCCOC2)cc1Cl. The molecule has 1 unspecified atom stereocenters. The predicted octanol–water partition coefficient (Wildman–Crippen LogP) is 2.86. The number of carbonyl (C=O) groups excluding carboxylic acids is 1. The summed E-state index contributed by atoms with van der Waals surface area (Å²) in [7, 11) is 0. The van der Waals surface area contributed by atoms with E-state index in [2.05, 4.69) is 22.5 Å². The van der Waals surface area contributed by atoms with Crippen LogP contribution in [0.2, 0.25) is 5.02 Å². The van der Waals surface area contributed by atoms with Gasteiger partial charge in [-0.1, -0.05) is 18.5 Å². The fraction of sp³-hybridized carbons (Fsp3) is 0.600. The molecule has 1 aliphatic heterocycles. The highest BCUT2D eigenvalue weighted by Gasteiger charge is 2.29. The Morgan fingerprint density at radius 2 is 2.38 bits per heavy atom. The van der Waals surface area contributed by atoms with Crippen molar-refractivity contribution in [2.24, 2.45) is 0 Å². The quantitative estimate of drug-likeness (QED) is 0.877. The fourth-order valence-corrected chi connectivity index (χ4v) is 2.55. The molecular formula is C15H22ClN3O2. The minimum atomic E-state index is -0.319. The van der Waals surface area contributed by atoms with Gasteiger partial charge in [0.25, 0.3) is 5.91 Å². The minimum Gasteiger partial charge on any atom is -0.379 e. The number of halogens is 1. The molecule has 0 radical (unpaired) electrons. The summed E-state index contributed by atoms with van der Waals surface area (Å²) in [5.41, 5.74) is 0.148. The van der Waals surface area contributed by atoms with Crippen LogP contribution in [0.15, 0.2) is 12.3 Å². The topological polar surface area (TPSA) is 63.2 Å². The van der Waals surface area contributed by atoms with E-state index in [0.717, 1.165) is 32.4 Å². The van der Waals surface area contributed by atoms with E-state index in [-0.39, 0.29) is 11.4 Å². The van der Waals surface area contributed by atoms with Crippen LogP contribution >= 0.6 is 11.6 Å². The maximum atomic E-state index is 12.3. The van der Waals surface area contributed by atoms with Crippen LogP contribution < -0.4 is 10.6 Å². The first-order valence-electron chi connectivity index (χ1n) is 7.34. The minimum absolute atomic E-state index is 0.167. The van der Waals surface area contributed by atoms with Gasteiger partial charge in [-0.15, -0.1) is 0 Å². The van der Waals surface area contributed by atoms with Crippen LogP contribution in [0.1, 0.15) is 43.5 Å². The smallest absolute Gasteiger partial charge is 0.253 e. The average molecular weight is 312 g/mol. The van der Waals surface area contributed by atoms with Gasteiger partial charge in [0.05, 0.1) is 22.7 Å². The van der Waals surface area contributed by atoms with Gasteiger partial charge in [-0.05, 0) is 32.3 Å². The molecule has 2 rings (SSSR count). The first-order chi connectivity index (χ1) is 10.0. The Kier molecular flexibility index (Phi) is 5.42. The molecule has 5 nitrogen and oxygen atoms in total. The van der Waals surface area contributed by atoms with Gasteiger partial charge in [-0.3, -0.25) is 4.79 Å². The normalized spacial score (nSPS) is 21.9. The largest absolute Gasteiger partial charge is 0.379 e. The van der Waals surface area contributed by atoms with Crippen LogP contribution in [0.25, 0.3) is 0 Å². The van der Waals surface area contributed by atoms with Gasteiger partial charge in [0.1, 0.15) is 5.82 Å². The Labute approximate surface area is 130 Å². The average Bonchev–Trinajstić information content (AvgIpc) is 2.46. The zero-order valence-electron chi connectivity index (χ0n) is 12.5. The zero-order valence-corrected chi connectivity index (χ0v) is 13.3. The molecule has 6 heteroatoms. The van der Waals surface area contributed by atoms with E-state index < -0.39 is 0 Å². The van der Waals surface area contributed by atoms with Gasteiger partial charge in [-0.2, -0.15) is 0 Å². The summed E-state index contributed by atoms with van der Waals surface area (Å²) in [4.78, 5) is 16.5. The standard InChI is InChI=1S/C15H22ClN3O2/c1-3-6-17-13-12(16)8-11(9-18-13)14(20)19-15(2)5-4-7-21-10-15/h8-9H,3-7,10H2,1-2H3,(H,17,18)(H,19,20). The molecular weight excluding hydrogens is 290 g/mol. The lowest BCUT2D eigenvalue weighted by molar-refractivity contribution is 0.0272. The number of amides is 1. The summed E-state index contributed by atoms with van der Waals surface area (Å²) >= 11 is 6.16. The van der Waals surface area contributed by atoms with Crippen molar-refractivity contribution in [3.63, 3.8) is 0 Å². The monoisotopic (exact) mass is 311 g/mol. The van der Waals surface area contributed by atoms with Gasteiger partial charge in [-0.25, -0.2) is 4.98 Å². The van der Waals surface area contributed by atoms with Crippen molar-refractivity contribution in [2.45, 2.75) is 38.6 Å². The molecule has 1 aliphatic rings. The number of carbonyl (C=O) groups is 1. The number of nitrogens with zero attached hydrogens (tertiary/aromatic N) is 1. The second-order valence-electron chi connectivity index (χ2n) is 5.65. The molecule has 2 N–H and O–H groups in total. The molecule has 2 heterocycles. The Balaban J connectivity index is 2.03. The number of anilines is 1. The lowest BCUT2D eigenvalue weighted by Crippen LogP contribution is -2.51. The predicted molar refractivity (Wildman–Crippen MR) is 84.0 cm³/mol. The molecule has 1 aromatic rings. The molecule has 1 aromatic heterocycles. The highest BCUT2D eigenvalue weighted by molar-refractivity contribution is 6.33. The Hall–Kier alpha value is -1.33. The van der Waals surface area contributed by atoms with Crippen molar-refractivity contribution in [2.75, 3.05) is 25.1 Å². The third-order valence-electron chi connectivity index (χ3n) is 3.50. The van der Waals surface area contributed by atoms with Crippen LogP contribution in [0.5, 0.6) is 0 Å². The number of hydrogen-bond donors (Lipinski definition) is 2. The lowest BCUT2D eigenvalue weighted by atomic mass is 9.94. The molecule has 1 atom stereocenters. The molecule has 116 valence electrons. The van der Waals surface area contributed by atoms with Crippen molar-refractivity contribution in [3.8, 4) is 0 Å². The first kappa shape index (κ1) is 16.0. The van der Waals surface area contributed by atoms with Crippen molar-refractivity contribution in [1.82, 2.24) is 10.3 Å². The molecule has 1 saturated heterocycles. The van der Waals surface area contributed by atoms with E-state index in [1.165, 1.54) is 0 Å². The van der Waals surface area contributed by atoms with Crippen molar-refractivity contribution in [3.05, 3.63) is 22.8 Å². The van der Waals surface area contributed by atoms with Gasteiger partial charge in [0, 0.05) is 19.3 Å². The molecule has 1 amide bonds. The third-order valence-corrected chi connectivity index (χ3v) is 3.79. The van der Waals surface area contributed by atoms with E-state index in [9.17, 15) is 4.79 Å². The lowest BCUT2D eigenvalue weighted by Gasteiger charge is -2.34. The zero-order chi connectivity index (χ0) is 15.3. The van der Waals surface area contributed by atoms with Crippen molar-refractivity contribution >= 4 is 23.3 Å². The molecule has 0 aromatic carbocycles.